The third kappa shape index (κ3) is 5.83. The Kier molecular flexibility index (Phi) is 8.68. The van der Waals surface area contributed by atoms with Crippen molar-refractivity contribution in [2.24, 2.45) is 0 Å². The Hall–Kier alpha value is -9.26. The molecule has 10 aromatic rings. The molecule has 0 bridgehead atoms. The van der Waals surface area contributed by atoms with Gasteiger partial charge in [-0.2, -0.15) is 15.8 Å². The van der Waals surface area contributed by atoms with E-state index in [4.69, 9.17) is 13.1 Å². The molecule has 0 spiro atoms. The molecule has 0 amide bonds. The van der Waals surface area contributed by atoms with E-state index in [0.29, 0.717) is 50.6 Å². The molecule has 8 heteroatoms. The summed E-state index contributed by atoms with van der Waals surface area (Å²) in [6.07, 6.45) is 0. The largest absolute Gasteiger partial charge is 0.308 e. The van der Waals surface area contributed by atoms with Crippen LogP contribution >= 0.6 is 0 Å². The second-order valence-corrected chi connectivity index (χ2v) is 15.2. The van der Waals surface area contributed by atoms with Gasteiger partial charge in [-0.15, -0.1) is 0 Å². The first-order valence-electron chi connectivity index (χ1n) is 19.8. The van der Waals surface area contributed by atoms with E-state index in [9.17, 15) is 15.8 Å². The number of nitrogens with zero attached hydrogens (tertiary/aromatic N) is 8. The number of para-hydroxylation sites is 2. The fraction of sp³-hybridized carbons (Fsp3) is 0.0370. The lowest BCUT2D eigenvalue weighted by molar-refractivity contribution is 1.11. The summed E-state index contributed by atoms with van der Waals surface area (Å²) in [5.41, 5.74) is 13.5. The lowest BCUT2D eigenvalue weighted by Crippen LogP contribution is -2.05. The van der Waals surface area contributed by atoms with Gasteiger partial charge in [0.05, 0.1) is 58.7 Å². The molecule has 3 aromatic heterocycles. The van der Waals surface area contributed by atoms with Crippen LogP contribution in [-0.2, 0) is 0 Å². The van der Waals surface area contributed by atoms with Gasteiger partial charge in [0, 0.05) is 44.1 Å². The summed E-state index contributed by atoms with van der Waals surface area (Å²) < 4.78 is 4.30. The van der Waals surface area contributed by atoms with Crippen LogP contribution in [0.25, 0.3) is 98.1 Å². The maximum absolute atomic E-state index is 11.5. The Morgan fingerprint density at radius 3 is 1.58 bits per heavy atom. The first-order chi connectivity index (χ1) is 30.3. The van der Waals surface area contributed by atoms with Gasteiger partial charge in [-0.3, -0.25) is 4.98 Å². The number of nitriles is 3. The number of benzene rings is 7. The highest BCUT2D eigenvalue weighted by Crippen LogP contribution is 2.43. The van der Waals surface area contributed by atoms with Crippen LogP contribution < -0.4 is 0 Å². The summed E-state index contributed by atoms with van der Waals surface area (Å²) in [6, 6.07) is 54.3. The second kappa shape index (κ2) is 14.5. The summed E-state index contributed by atoms with van der Waals surface area (Å²) in [5, 5.41) is 35.3. The highest BCUT2D eigenvalue weighted by atomic mass is 15.0. The van der Waals surface area contributed by atoms with E-state index in [0.717, 1.165) is 77.3 Å². The molecule has 0 N–H and O–H groups in total. The summed E-state index contributed by atoms with van der Waals surface area (Å²) in [4.78, 5) is 12.0. The molecular formula is C54H30N8. The van der Waals surface area contributed by atoms with E-state index >= 15 is 0 Å². The molecule has 0 atom stereocenters. The molecule has 0 aliphatic carbocycles. The van der Waals surface area contributed by atoms with E-state index in [1.165, 1.54) is 0 Å². The van der Waals surface area contributed by atoms with E-state index in [1.54, 1.807) is 24.3 Å². The lowest BCUT2D eigenvalue weighted by Gasteiger charge is -2.19. The van der Waals surface area contributed by atoms with Crippen molar-refractivity contribution in [2.75, 3.05) is 0 Å². The predicted molar refractivity (Wildman–Crippen MR) is 245 cm³/mol. The zero-order valence-corrected chi connectivity index (χ0v) is 33.4. The van der Waals surface area contributed by atoms with Gasteiger partial charge >= 0.3 is 0 Å². The minimum absolute atomic E-state index is 0.381. The Bertz CT molecular complexity index is 3560. The SMILES string of the molecule is [C-]#[N+]c1ccc(-c2ccc3c4ccccc4n(-c4cc(-c5cc(C)nc(C)c5)cc(-n5c6ccccc6c6ccc(-c7ccc(C#N)cc7[N+]#[C-])cc65)c4C#N)c3c2)c(C#N)c1. The minimum atomic E-state index is 0.381. The van der Waals surface area contributed by atoms with Crippen LogP contribution in [0.3, 0.4) is 0 Å². The van der Waals surface area contributed by atoms with Gasteiger partial charge in [0.15, 0.2) is 11.4 Å². The summed E-state index contributed by atoms with van der Waals surface area (Å²) in [6.45, 7) is 19.4. The zero-order valence-electron chi connectivity index (χ0n) is 33.4. The van der Waals surface area contributed by atoms with Gasteiger partial charge in [-0.25, -0.2) is 9.69 Å². The van der Waals surface area contributed by atoms with Crippen LogP contribution in [0.15, 0.2) is 146 Å². The molecule has 0 fully saturated rings. The highest BCUT2D eigenvalue weighted by Gasteiger charge is 2.24. The Morgan fingerprint density at radius 2 is 1.03 bits per heavy atom. The molecule has 7 aromatic carbocycles. The lowest BCUT2D eigenvalue weighted by atomic mass is 9.98. The molecule has 0 aliphatic rings. The highest BCUT2D eigenvalue weighted by molar-refractivity contribution is 6.12. The van der Waals surface area contributed by atoms with Crippen LogP contribution in [0, 0.1) is 61.0 Å². The smallest absolute Gasteiger partial charge is 0.196 e. The van der Waals surface area contributed by atoms with Crippen LogP contribution in [0.5, 0.6) is 0 Å². The van der Waals surface area contributed by atoms with Crippen molar-refractivity contribution in [3.05, 3.63) is 197 Å². The molecule has 0 unspecified atom stereocenters. The van der Waals surface area contributed by atoms with Crippen LogP contribution in [0.1, 0.15) is 28.1 Å². The Balaban J connectivity index is 1.33. The number of pyridine rings is 1. The second-order valence-electron chi connectivity index (χ2n) is 15.2. The van der Waals surface area contributed by atoms with E-state index in [-0.39, 0.29) is 0 Å². The third-order valence-electron chi connectivity index (χ3n) is 11.6. The quantitative estimate of drug-likeness (QED) is 0.162. The molecule has 0 aliphatic heterocycles. The zero-order chi connectivity index (χ0) is 42.6. The molecule has 3 heterocycles. The minimum Gasteiger partial charge on any atom is -0.308 e. The normalized spacial score (nSPS) is 11.0. The molecule has 286 valence electrons. The number of aryl methyl sites for hydroxylation is 2. The van der Waals surface area contributed by atoms with Gasteiger partial charge in [0.2, 0.25) is 0 Å². The number of hydrogen-bond donors (Lipinski definition) is 0. The monoisotopic (exact) mass is 790 g/mol. The molecule has 10 rings (SSSR count). The Labute approximate surface area is 356 Å². The molecule has 0 saturated heterocycles. The van der Waals surface area contributed by atoms with Crippen molar-refractivity contribution in [1.82, 2.24) is 14.1 Å². The van der Waals surface area contributed by atoms with Gasteiger partial charge in [0.25, 0.3) is 0 Å². The van der Waals surface area contributed by atoms with Crippen LogP contribution in [-0.4, -0.2) is 14.1 Å². The maximum atomic E-state index is 11.5. The van der Waals surface area contributed by atoms with Crippen LogP contribution in [0.2, 0.25) is 0 Å². The fourth-order valence-corrected chi connectivity index (χ4v) is 8.93. The number of rotatable bonds is 5. The van der Waals surface area contributed by atoms with Crippen molar-refractivity contribution in [3.8, 4) is 63.0 Å². The van der Waals surface area contributed by atoms with Crippen molar-refractivity contribution in [1.29, 1.82) is 15.8 Å². The number of fused-ring (bicyclic) bond motifs is 6. The van der Waals surface area contributed by atoms with Gasteiger partial charge < -0.3 is 9.13 Å². The van der Waals surface area contributed by atoms with E-state index in [2.05, 4.69) is 115 Å². The van der Waals surface area contributed by atoms with E-state index in [1.807, 2.05) is 62.4 Å². The number of aromatic nitrogens is 3. The topological polar surface area (TPSA) is 103 Å². The molecule has 62 heavy (non-hydrogen) atoms. The van der Waals surface area contributed by atoms with Gasteiger partial charge in [0.1, 0.15) is 11.6 Å². The van der Waals surface area contributed by atoms with Gasteiger partial charge in [-0.1, -0.05) is 78.9 Å². The Morgan fingerprint density at radius 1 is 0.484 bits per heavy atom. The molecule has 0 radical (unpaired) electrons. The predicted octanol–water partition coefficient (Wildman–Crippen LogP) is 13.6. The number of hydrogen-bond acceptors (Lipinski definition) is 4. The first-order valence-corrected chi connectivity index (χ1v) is 19.8. The summed E-state index contributed by atoms with van der Waals surface area (Å²) in [7, 11) is 0. The van der Waals surface area contributed by atoms with Crippen LogP contribution in [0.4, 0.5) is 11.4 Å². The molecule has 8 nitrogen and oxygen atoms in total. The fourth-order valence-electron chi connectivity index (χ4n) is 8.93. The summed E-state index contributed by atoms with van der Waals surface area (Å²) >= 11 is 0. The standard InChI is InChI=1S/C54H30N8/c1-32-21-37(22-33(2)60-32)38-27-53(61-49-11-7-5-9-43(49)45-18-14-35(25-51(45)61)41-20-16-40(58-3)24-39(41)30-56)47(31-57)54(28-38)62-50-12-8-6-10-44(50)46-19-15-36(26-52(46)62)42-17-13-34(29-55)23-48(42)59-4/h5-28H,1-2H3. The average molecular weight is 791 g/mol. The van der Waals surface area contributed by atoms with E-state index < -0.39 is 0 Å². The van der Waals surface area contributed by atoms with Gasteiger partial charge in [-0.05, 0) is 114 Å². The van der Waals surface area contributed by atoms with Crippen molar-refractivity contribution < 1.29 is 0 Å². The maximum Gasteiger partial charge on any atom is 0.196 e. The first kappa shape index (κ1) is 37.0. The summed E-state index contributed by atoms with van der Waals surface area (Å²) in [5.74, 6) is 0. The van der Waals surface area contributed by atoms with Crippen molar-refractivity contribution >= 4 is 55.0 Å². The molecule has 0 saturated carbocycles. The third-order valence-corrected chi connectivity index (χ3v) is 11.6. The van der Waals surface area contributed by atoms with Crippen molar-refractivity contribution in [3.63, 3.8) is 0 Å². The van der Waals surface area contributed by atoms with Crippen molar-refractivity contribution in [2.45, 2.75) is 13.8 Å². The molecular weight excluding hydrogens is 761 g/mol. The average Bonchev–Trinajstić information content (AvgIpc) is 3.82.